The quantitative estimate of drug-likeness (QED) is 0.415. The molecule has 0 amide bonds. The number of hydrogen-bond acceptors (Lipinski definition) is 8. The van der Waals surface area contributed by atoms with E-state index in [2.05, 4.69) is 15.3 Å². The van der Waals surface area contributed by atoms with Crippen LogP contribution in [0.2, 0.25) is 5.02 Å². The van der Waals surface area contributed by atoms with Gasteiger partial charge in [-0.15, -0.1) is 0 Å². The SMILES string of the molecule is C[C@@H]1CN(CCOc2cc3c(Nc4ccc(F)c(Cl)c4)ncnc3cc2OC2CCCC2)CC(=O)O1. The Hall–Kier alpha value is -3.17. The number of cyclic esters (lactones) is 1. The van der Waals surface area contributed by atoms with Gasteiger partial charge in [0.1, 0.15) is 30.7 Å². The lowest BCUT2D eigenvalue weighted by atomic mass is 10.2. The maximum atomic E-state index is 13.6. The first-order valence-corrected chi connectivity index (χ1v) is 12.5. The second-order valence-electron chi connectivity index (χ2n) is 9.20. The molecule has 0 unspecified atom stereocenters. The average molecular weight is 515 g/mol. The number of hydrogen-bond donors (Lipinski definition) is 1. The highest BCUT2D eigenvalue weighted by molar-refractivity contribution is 6.31. The molecule has 2 aliphatic rings. The van der Waals surface area contributed by atoms with E-state index in [1.54, 1.807) is 6.07 Å². The standard InChI is InChI=1S/C26H28ClFN4O4/c1-16-13-32(14-25(33)35-16)8-9-34-23-11-19-22(12-24(23)36-18-4-2-3-5-18)29-15-30-26(19)31-17-6-7-21(28)20(27)10-17/h6-7,10-12,15-16,18H,2-5,8-9,13-14H2,1H3,(H,29,30,31)/t16-/m1/s1. The second-order valence-corrected chi connectivity index (χ2v) is 9.61. The fourth-order valence-corrected chi connectivity index (χ4v) is 4.81. The van der Waals surface area contributed by atoms with Gasteiger partial charge in [0, 0.05) is 30.2 Å². The van der Waals surface area contributed by atoms with E-state index in [0.29, 0.717) is 48.2 Å². The molecule has 1 saturated heterocycles. The summed E-state index contributed by atoms with van der Waals surface area (Å²) in [6.07, 6.45) is 5.77. The molecule has 1 N–H and O–H groups in total. The molecule has 2 heterocycles. The number of anilines is 2. The molecule has 2 fully saturated rings. The number of morpholine rings is 1. The van der Waals surface area contributed by atoms with Crippen LogP contribution in [-0.2, 0) is 9.53 Å². The Labute approximate surface area is 213 Å². The molecule has 2 aromatic carbocycles. The molecule has 1 aliphatic heterocycles. The van der Waals surface area contributed by atoms with Gasteiger partial charge in [-0.2, -0.15) is 0 Å². The van der Waals surface area contributed by atoms with Crippen LogP contribution in [0.15, 0.2) is 36.7 Å². The lowest BCUT2D eigenvalue weighted by Crippen LogP contribution is -2.45. The summed E-state index contributed by atoms with van der Waals surface area (Å²) >= 11 is 5.95. The van der Waals surface area contributed by atoms with E-state index < -0.39 is 5.82 Å². The van der Waals surface area contributed by atoms with Crippen LogP contribution < -0.4 is 14.8 Å². The van der Waals surface area contributed by atoms with E-state index >= 15 is 0 Å². The summed E-state index contributed by atoms with van der Waals surface area (Å²) in [6.45, 7) is 3.74. The molecule has 10 heteroatoms. The number of benzene rings is 2. The van der Waals surface area contributed by atoms with Gasteiger partial charge in [0.25, 0.3) is 0 Å². The topological polar surface area (TPSA) is 85.8 Å². The number of carbonyl (C=O) groups excluding carboxylic acids is 1. The minimum Gasteiger partial charge on any atom is -0.488 e. The van der Waals surface area contributed by atoms with Crippen LogP contribution in [0, 0.1) is 5.82 Å². The molecule has 3 aromatic rings. The lowest BCUT2D eigenvalue weighted by molar-refractivity contribution is -0.157. The van der Waals surface area contributed by atoms with Crippen LogP contribution >= 0.6 is 11.6 Å². The fourth-order valence-electron chi connectivity index (χ4n) is 4.63. The number of fused-ring (bicyclic) bond motifs is 1. The largest absolute Gasteiger partial charge is 0.488 e. The first-order valence-electron chi connectivity index (χ1n) is 12.2. The van der Waals surface area contributed by atoms with Gasteiger partial charge in [-0.25, -0.2) is 14.4 Å². The number of carbonyl (C=O) groups is 1. The minimum absolute atomic E-state index is 0.0190. The number of nitrogens with one attached hydrogen (secondary N) is 1. The molecule has 1 atom stereocenters. The van der Waals surface area contributed by atoms with Gasteiger partial charge >= 0.3 is 5.97 Å². The third-order valence-corrected chi connectivity index (χ3v) is 6.63. The van der Waals surface area contributed by atoms with Crippen molar-refractivity contribution < 1.29 is 23.4 Å². The predicted molar refractivity (Wildman–Crippen MR) is 135 cm³/mol. The number of nitrogens with zero attached hydrogens (tertiary/aromatic N) is 3. The summed E-state index contributed by atoms with van der Waals surface area (Å²) in [5.74, 6) is 1.04. The number of ether oxygens (including phenoxy) is 3. The molecule has 1 aromatic heterocycles. The molecule has 8 nitrogen and oxygen atoms in total. The summed E-state index contributed by atoms with van der Waals surface area (Å²) in [6, 6.07) is 8.13. The third kappa shape index (κ3) is 5.79. The minimum atomic E-state index is -0.490. The summed E-state index contributed by atoms with van der Waals surface area (Å²) in [5.41, 5.74) is 1.29. The van der Waals surface area contributed by atoms with Crippen LogP contribution in [0.1, 0.15) is 32.6 Å². The molecular formula is C26H28ClFN4O4. The first-order chi connectivity index (χ1) is 17.4. The number of halogens is 2. The van der Waals surface area contributed by atoms with Gasteiger partial charge < -0.3 is 19.5 Å². The Kier molecular flexibility index (Phi) is 7.38. The summed E-state index contributed by atoms with van der Waals surface area (Å²) in [7, 11) is 0. The molecule has 0 spiro atoms. The molecule has 36 heavy (non-hydrogen) atoms. The van der Waals surface area contributed by atoms with Gasteiger partial charge in [-0.05, 0) is 56.9 Å². The Bertz CT molecular complexity index is 1250. The zero-order chi connectivity index (χ0) is 25.1. The van der Waals surface area contributed by atoms with Crippen LogP contribution in [0.4, 0.5) is 15.9 Å². The van der Waals surface area contributed by atoms with Crippen molar-refractivity contribution >= 4 is 40.0 Å². The Balaban J connectivity index is 1.40. The fraction of sp³-hybridized carbons (Fsp3) is 0.423. The molecule has 0 radical (unpaired) electrons. The summed E-state index contributed by atoms with van der Waals surface area (Å²) < 4.78 is 31.3. The molecular weight excluding hydrogens is 487 g/mol. The van der Waals surface area contributed by atoms with E-state index in [4.69, 9.17) is 25.8 Å². The van der Waals surface area contributed by atoms with Crippen LogP contribution in [0.5, 0.6) is 11.5 Å². The monoisotopic (exact) mass is 514 g/mol. The highest BCUT2D eigenvalue weighted by Crippen LogP contribution is 2.37. The maximum Gasteiger partial charge on any atom is 0.320 e. The Morgan fingerprint density at radius 2 is 2.03 bits per heavy atom. The van der Waals surface area contributed by atoms with E-state index in [-0.39, 0.29) is 29.7 Å². The van der Waals surface area contributed by atoms with Crippen molar-refractivity contribution in [2.24, 2.45) is 0 Å². The highest BCUT2D eigenvalue weighted by Gasteiger charge is 2.24. The van der Waals surface area contributed by atoms with Gasteiger partial charge in [-0.3, -0.25) is 9.69 Å². The predicted octanol–water partition coefficient (Wildman–Crippen LogP) is 5.11. The Morgan fingerprint density at radius 1 is 1.19 bits per heavy atom. The second kappa shape index (κ2) is 10.8. The third-order valence-electron chi connectivity index (χ3n) is 6.34. The average Bonchev–Trinajstić information content (AvgIpc) is 3.35. The molecule has 190 valence electrons. The Morgan fingerprint density at radius 3 is 2.81 bits per heavy atom. The van der Waals surface area contributed by atoms with Gasteiger partial charge in [0.2, 0.25) is 0 Å². The van der Waals surface area contributed by atoms with Crippen LogP contribution in [0.25, 0.3) is 10.9 Å². The molecule has 0 bridgehead atoms. The smallest absolute Gasteiger partial charge is 0.320 e. The first kappa shape index (κ1) is 24.5. The van der Waals surface area contributed by atoms with Crippen molar-refractivity contribution in [1.29, 1.82) is 0 Å². The van der Waals surface area contributed by atoms with Crippen molar-refractivity contribution in [1.82, 2.24) is 14.9 Å². The van der Waals surface area contributed by atoms with Gasteiger partial charge in [0.05, 0.1) is 23.2 Å². The number of aromatic nitrogens is 2. The van der Waals surface area contributed by atoms with Gasteiger partial charge in [0.15, 0.2) is 11.5 Å². The number of esters is 1. The zero-order valence-electron chi connectivity index (χ0n) is 20.0. The molecule has 1 aliphatic carbocycles. The lowest BCUT2D eigenvalue weighted by Gasteiger charge is -2.30. The van der Waals surface area contributed by atoms with Gasteiger partial charge in [-0.1, -0.05) is 11.6 Å². The van der Waals surface area contributed by atoms with E-state index in [9.17, 15) is 9.18 Å². The van der Waals surface area contributed by atoms with E-state index in [0.717, 1.165) is 31.1 Å². The van der Waals surface area contributed by atoms with E-state index in [1.165, 1.54) is 18.5 Å². The van der Waals surface area contributed by atoms with Crippen molar-refractivity contribution in [2.75, 3.05) is 31.6 Å². The molecule has 5 rings (SSSR count). The van der Waals surface area contributed by atoms with Crippen LogP contribution in [0.3, 0.4) is 0 Å². The number of rotatable bonds is 8. The summed E-state index contributed by atoms with van der Waals surface area (Å²) in [4.78, 5) is 22.6. The zero-order valence-corrected chi connectivity index (χ0v) is 20.8. The summed E-state index contributed by atoms with van der Waals surface area (Å²) in [5, 5.41) is 3.94. The maximum absolute atomic E-state index is 13.6. The van der Waals surface area contributed by atoms with E-state index in [1.807, 2.05) is 24.0 Å². The van der Waals surface area contributed by atoms with Crippen molar-refractivity contribution in [3.8, 4) is 11.5 Å². The highest BCUT2D eigenvalue weighted by atomic mass is 35.5. The van der Waals surface area contributed by atoms with Crippen LogP contribution in [-0.4, -0.2) is 59.3 Å². The normalized spacial score (nSPS) is 18.9. The van der Waals surface area contributed by atoms with Crippen molar-refractivity contribution in [3.63, 3.8) is 0 Å². The van der Waals surface area contributed by atoms with Crippen molar-refractivity contribution in [3.05, 3.63) is 47.5 Å². The van der Waals surface area contributed by atoms with Crippen molar-refractivity contribution in [2.45, 2.75) is 44.8 Å². The molecule has 1 saturated carbocycles.